The van der Waals surface area contributed by atoms with E-state index in [0.717, 1.165) is 11.3 Å². The van der Waals surface area contributed by atoms with Crippen LogP contribution in [0.15, 0.2) is 78.0 Å². The minimum atomic E-state index is -0.205. The van der Waals surface area contributed by atoms with Crippen LogP contribution < -0.4 is 10.6 Å². The predicted octanol–water partition coefficient (Wildman–Crippen LogP) is 5.09. The number of aryl methyl sites for hydroxylation is 1. The highest BCUT2D eigenvalue weighted by Gasteiger charge is 2.15. The molecule has 0 radical (unpaired) electrons. The fourth-order valence-corrected chi connectivity index (χ4v) is 2.84. The molecular weight excluding hydrogens is 372 g/mol. The number of anilines is 1. The Labute approximate surface area is 178 Å². The summed E-state index contributed by atoms with van der Waals surface area (Å²) in [6.07, 6.45) is 3.46. The molecule has 0 fully saturated rings. The van der Waals surface area contributed by atoms with Crippen LogP contribution in [0.2, 0.25) is 0 Å². The molecule has 0 spiro atoms. The van der Waals surface area contributed by atoms with Gasteiger partial charge in [0.25, 0.3) is 5.91 Å². The van der Waals surface area contributed by atoms with Crippen molar-refractivity contribution >= 4 is 17.6 Å². The van der Waals surface area contributed by atoms with E-state index in [2.05, 4.69) is 41.4 Å². The lowest BCUT2D eigenvalue weighted by Crippen LogP contribution is -2.36. The van der Waals surface area contributed by atoms with Gasteiger partial charge in [-0.15, -0.1) is 0 Å². The van der Waals surface area contributed by atoms with E-state index in [1.807, 2.05) is 67.6 Å². The number of nitrogens with one attached hydrogen (secondary N) is 2. The summed E-state index contributed by atoms with van der Waals surface area (Å²) < 4.78 is 0. The first-order valence-corrected chi connectivity index (χ1v) is 10.0. The van der Waals surface area contributed by atoms with Crippen molar-refractivity contribution in [1.82, 2.24) is 10.3 Å². The number of pyridine rings is 1. The normalized spacial score (nSPS) is 11.8. The Balaban J connectivity index is 1.78. The maximum absolute atomic E-state index is 12.8. The molecule has 0 saturated carbocycles. The molecule has 3 aromatic rings. The summed E-state index contributed by atoms with van der Waals surface area (Å²) in [6.45, 7) is 8.91. The third kappa shape index (κ3) is 6.01. The molecule has 2 aromatic carbocycles. The lowest BCUT2D eigenvalue weighted by molar-refractivity contribution is 0.0977. The van der Waals surface area contributed by atoms with E-state index in [1.54, 1.807) is 12.4 Å². The van der Waals surface area contributed by atoms with E-state index in [4.69, 9.17) is 0 Å². The number of hydrogen-bond acceptors (Lipinski definition) is 3. The highest BCUT2D eigenvalue weighted by atomic mass is 16.1. The minimum absolute atomic E-state index is 0.0408. The van der Waals surface area contributed by atoms with Gasteiger partial charge in [0.05, 0.1) is 6.54 Å². The quantitative estimate of drug-likeness (QED) is 0.474. The molecule has 1 amide bonds. The summed E-state index contributed by atoms with van der Waals surface area (Å²) in [5, 5.41) is 6.12. The largest absolute Gasteiger partial charge is 0.326 e. The van der Waals surface area contributed by atoms with Crippen LogP contribution in [0.4, 0.5) is 5.69 Å². The molecule has 0 aliphatic rings. The number of nitrogens with zero attached hydrogens (tertiary/aromatic N) is 2. The minimum Gasteiger partial charge on any atom is -0.326 e. The highest BCUT2D eigenvalue weighted by Crippen LogP contribution is 2.22. The molecule has 0 aliphatic carbocycles. The molecular formula is C25H28N4O. The molecule has 0 saturated heterocycles. The predicted molar refractivity (Wildman–Crippen MR) is 123 cm³/mol. The number of rotatable bonds is 4. The van der Waals surface area contributed by atoms with Gasteiger partial charge in [0.2, 0.25) is 5.96 Å². The zero-order valence-electron chi connectivity index (χ0n) is 17.9. The summed E-state index contributed by atoms with van der Waals surface area (Å²) in [4.78, 5) is 21.4. The van der Waals surface area contributed by atoms with Gasteiger partial charge in [-0.05, 0) is 59.9 Å². The molecule has 0 atom stereocenters. The average Bonchev–Trinajstić information content (AvgIpc) is 2.74. The van der Waals surface area contributed by atoms with Crippen LogP contribution in [0, 0.1) is 6.92 Å². The molecule has 154 valence electrons. The molecule has 2 N–H and O–H groups in total. The number of hydrogen-bond donors (Lipinski definition) is 2. The molecule has 1 aromatic heterocycles. The van der Waals surface area contributed by atoms with Crippen LogP contribution in [-0.4, -0.2) is 16.9 Å². The van der Waals surface area contributed by atoms with E-state index in [0.29, 0.717) is 18.1 Å². The van der Waals surface area contributed by atoms with Crippen molar-refractivity contribution < 1.29 is 4.79 Å². The van der Waals surface area contributed by atoms with Crippen molar-refractivity contribution in [3.8, 4) is 0 Å². The second-order valence-electron chi connectivity index (χ2n) is 8.29. The van der Waals surface area contributed by atoms with Crippen molar-refractivity contribution in [3.05, 3.63) is 95.3 Å². The van der Waals surface area contributed by atoms with Crippen molar-refractivity contribution in [1.29, 1.82) is 0 Å². The monoisotopic (exact) mass is 400 g/mol. The summed E-state index contributed by atoms with van der Waals surface area (Å²) in [6, 6.07) is 19.4. The van der Waals surface area contributed by atoms with Gasteiger partial charge in [-0.2, -0.15) is 0 Å². The van der Waals surface area contributed by atoms with Crippen molar-refractivity contribution in [2.24, 2.45) is 4.99 Å². The van der Waals surface area contributed by atoms with Gasteiger partial charge < -0.3 is 5.32 Å². The topological polar surface area (TPSA) is 66.4 Å². The number of benzene rings is 2. The van der Waals surface area contributed by atoms with E-state index < -0.39 is 0 Å². The number of aliphatic imine (C=N–C) groups is 1. The Bertz CT molecular complexity index is 1000. The summed E-state index contributed by atoms with van der Waals surface area (Å²) in [5.74, 6) is 0.198. The highest BCUT2D eigenvalue weighted by molar-refractivity contribution is 6.09. The molecule has 0 bridgehead atoms. The standard InChI is InChI=1S/C25H28N4O/c1-18-5-11-22(12-6-18)28-24(27-17-19-13-15-26-16-14-19)29-23(30)20-7-9-21(10-8-20)25(2,3)4/h5-16H,17H2,1-4H3,(H2,27,28,29,30). The van der Waals surface area contributed by atoms with Crippen LogP contribution in [0.3, 0.4) is 0 Å². The number of aromatic nitrogens is 1. The summed E-state index contributed by atoms with van der Waals surface area (Å²) >= 11 is 0. The fourth-order valence-electron chi connectivity index (χ4n) is 2.84. The molecule has 3 rings (SSSR count). The maximum Gasteiger partial charge on any atom is 0.257 e. The molecule has 1 heterocycles. The molecule has 30 heavy (non-hydrogen) atoms. The fraction of sp³-hybridized carbons (Fsp3) is 0.240. The van der Waals surface area contributed by atoms with Crippen LogP contribution in [0.25, 0.3) is 0 Å². The van der Waals surface area contributed by atoms with Crippen LogP contribution in [0.5, 0.6) is 0 Å². The van der Waals surface area contributed by atoms with Gasteiger partial charge in [-0.25, -0.2) is 4.99 Å². The van der Waals surface area contributed by atoms with Crippen LogP contribution in [-0.2, 0) is 12.0 Å². The first kappa shape index (κ1) is 21.2. The molecule has 5 nitrogen and oxygen atoms in total. The molecule has 0 aliphatic heterocycles. The Morgan fingerprint density at radius 1 is 0.933 bits per heavy atom. The summed E-state index contributed by atoms with van der Waals surface area (Å²) in [7, 11) is 0. The Hall–Kier alpha value is -3.47. The Morgan fingerprint density at radius 3 is 2.17 bits per heavy atom. The van der Waals surface area contributed by atoms with Crippen molar-refractivity contribution in [3.63, 3.8) is 0 Å². The van der Waals surface area contributed by atoms with E-state index in [9.17, 15) is 4.79 Å². The zero-order valence-corrected chi connectivity index (χ0v) is 17.9. The number of amides is 1. The lowest BCUT2D eigenvalue weighted by atomic mass is 9.87. The third-order valence-corrected chi connectivity index (χ3v) is 4.73. The summed E-state index contributed by atoms with van der Waals surface area (Å²) in [5.41, 5.74) is 4.85. The number of guanidine groups is 1. The molecule has 5 heteroatoms. The lowest BCUT2D eigenvalue weighted by Gasteiger charge is -2.19. The van der Waals surface area contributed by atoms with Crippen molar-refractivity contribution in [2.45, 2.75) is 39.7 Å². The third-order valence-electron chi connectivity index (χ3n) is 4.73. The zero-order chi connectivity index (χ0) is 21.6. The molecule has 0 unspecified atom stereocenters. The Kier molecular flexibility index (Phi) is 6.62. The van der Waals surface area contributed by atoms with Crippen LogP contribution >= 0.6 is 0 Å². The van der Waals surface area contributed by atoms with Gasteiger partial charge in [-0.3, -0.25) is 15.1 Å². The SMILES string of the molecule is Cc1ccc(NC(=NCc2ccncc2)NC(=O)c2ccc(C(C)(C)C)cc2)cc1. The Morgan fingerprint density at radius 2 is 1.57 bits per heavy atom. The first-order chi connectivity index (χ1) is 14.3. The van der Waals surface area contributed by atoms with Gasteiger partial charge in [0, 0.05) is 23.6 Å². The smallest absolute Gasteiger partial charge is 0.257 e. The second-order valence-corrected chi connectivity index (χ2v) is 8.29. The number of carbonyl (C=O) groups excluding carboxylic acids is 1. The maximum atomic E-state index is 12.8. The van der Waals surface area contributed by atoms with E-state index in [-0.39, 0.29) is 11.3 Å². The van der Waals surface area contributed by atoms with E-state index in [1.165, 1.54) is 11.1 Å². The average molecular weight is 401 g/mol. The first-order valence-electron chi connectivity index (χ1n) is 10.0. The van der Waals surface area contributed by atoms with Crippen molar-refractivity contribution in [2.75, 3.05) is 5.32 Å². The van der Waals surface area contributed by atoms with Gasteiger partial charge in [-0.1, -0.05) is 50.6 Å². The second kappa shape index (κ2) is 9.35. The van der Waals surface area contributed by atoms with Gasteiger partial charge in [0.1, 0.15) is 0 Å². The van der Waals surface area contributed by atoms with E-state index >= 15 is 0 Å². The number of carbonyl (C=O) groups is 1. The van der Waals surface area contributed by atoms with Gasteiger partial charge in [0.15, 0.2) is 0 Å². The van der Waals surface area contributed by atoms with Crippen LogP contribution in [0.1, 0.15) is 47.8 Å². The van der Waals surface area contributed by atoms with Gasteiger partial charge >= 0.3 is 0 Å².